The first-order valence-electron chi connectivity index (χ1n) is 8.86. The van der Waals surface area contributed by atoms with Gasteiger partial charge < -0.3 is 19.5 Å². The summed E-state index contributed by atoms with van der Waals surface area (Å²) < 4.78 is 15.8. The molecule has 0 aromatic heterocycles. The third-order valence-corrected chi connectivity index (χ3v) is 5.30. The number of benzene rings is 1. The van der Waals surface area contributed by atoms with Crippen LogP contribution < -0.4 is 14.8 Å². The minimum absolute atomic E-state index is 0.142. The van der Waals surface area contributed by atoms with E-state index in [4.69, 9.17) is 14.2 Å². The largest absolute Gasteiger partial charge is 0.454 e. The standard InChI is InChI=1S/C19H25NO5/c1-11-5-4-6-15(12(11)2)20-18(21)13(3)25-19(22)14-7-8-16-17(9-14)24-10-23-16/h7-9,11-13,15H,4-6,10H2,1-3H3,(H,20,21)/t11-,12+,13+,15+/m0/s1. The lowest BCUT2D eigenvalue weighted by atomic mass is 9.78. The fourth-order valence-corrected chi connectivity index (χ4v) is 3.39. The Hall–Kier alpha value is -2.24. The maximum absolute atomic E-state index is 12.4. The van der Waals surface area contributed by atoms with Crippen LogP contribution in [0.3, 0.4) is 0 Å². The highest BCUT2D eigenvalue weighted by molar-refractivity contribution is 5.93. The monoisotopic (exact) mass is 347 g/mol. The summed E-state index contributed by atoms with van der Waals surface area (Å²) in [5.41, 5.74) is 0.337. The molecule has 6 nitrogen and oxygen atoms in total. The third kappa shape index (κ3) is 3.89. The number of nitrogens with one attached hydrogen (secondary N) is 1. The number of ether oxygens (including phenoxy) is 3. The normalized spacial score (nSPS) is 26.0. The van der Waals surface area contributed by atoms with Gasteiger partial charge in [0.1, 0.15) is 0 Å². The van der Waals surface area contributed by atoms with Crippen molar-refractivity contribution >= 4 is 11.9 Å². The molecule has 4 atom stereocenters. The Labute approximate surface area is 147 Å². The first-order chi connectivity index (χ1) is 12.0. The molecule has 1 aliphatic heterocycles. The summed E-state index contributed by atoms with van der Waals surface area (Å²) in [5, 5.41) is 3.04. The van der Waals surface area contributed by atoms with Crippen LogP contribution in [0.1, 0.15) is 50.4 Å². The smallest absolute Gasteiger partial charge is 0.339 e. The molecule has 1 aromatic carbocycles. The van der Waals surface area contributed by atoms with Crippen molar-refractivity contribution in [2.45, 2.75) is 52.2 Å². The van der Waals surface area contributed by atoms with E-state index in [1.54, 1.807) is 25.1 Å². The minimum Gasteiger partial charge on any atom is -0.454 e. The Balaban J connectivity index is 1.56. The van der Waals surface area contributed by atoms with E-state index in [0.29, 0.717) is 28.9 Å². The van der Waals surface area contributed by atoms with Gasteiger partial charge >= 0.3 is 5.97 Å². The lowest BCUT2D eigenvalue weighted by molar-refractivity contribution is -0.130. The van der Waals surface area contributed by atoms with Gasteiger partial charge in [-0.3, -0.25) is 4.79 Å². The Morgan fingerprint density at radius 2 is 1.96 bits per heavy atom. The summed E-state index contributed by atoms with van der Waals surface area (Å²) in [4.78, 5) is 24.7. The summed E-state index contributed by atoms with van der Waals surface area (Å²) in [6, 6.07) is 4.98. The molecule has 0 radical (unpaired) electrons. The topological polar surface area (TPSA) is 73.9 Å². The number of hydrogen-bond donors (Lipinski definition) is 1. The Morgan fingerprint density at radius 1 is 1.20 bits per heavy atom. The Bertz CT molecular complexity index is 659. The second-order valence-electron chi connectivity index (χ2n) is 7.00. The van der Waals surface area contributed by atoms with Gasteiger partial charge in [-0.2, -0.15) is 0 Å². The summed E-state index contributed by atoms with van der Waals surface area (Å²) >= 11 is 0. The SMILES string of the molecule is C[C@@H]1[C@@H](C)CCC[C@H]1NC(=O)[C@@H](C)OC(=O)c1ccc2c(c1)OCO2. The van der Waals surface area contributed by atoms with Crippen molar-refractivity contribution in [1.82, 2.24) is 5.32 Å². The van der Waals surface area contributed by atoms with Crippen molar-refractivity contribution in [3.05, 3.63) is 23.8 Å². The average Bonchev–Trinajstić information content (AvgIpc) is 3.06. The molecular formula is C19H25NO5. The van der Waals surface area contributed by atoms with Gasteiger partial charge in [-0.25, -0.2) is 4.79 Å². The van der Waals surface area contributed by atoms with E-state index in [2.05, 4.69) is 19.2 Å². The molecule has 3 rings (SSSR count). The van der Waals surface area contributed by atoms with Gasteiger partial charge in [0.15, 0.2) is 17.6 Å². The van der Waals surface area contributed by atoms with E-state index in [1.807, 2.05) is 0 Å². The quantitative estimate of drug-likeness (QED) is 0.848. The van der Waals surface area contributed by atoms with Crippen LogP contribution >= 0.6 is 0 Å². The molecule has 1 aromatic rings. The van der Waals surface area contributed by atoms with Crippen LogP contribution in [0.5, 0.6) is 11.5 Å². The molecule has 25 heavy (non-hydrogen) atoms. The van der Waals surface area contributed by atoms with Crippen molar-refractivity contribution < 1.29 is 23.8 Å². The lowest BCUT2D eigenvalue weighted by Crippen LogP contribution is -2.47. The molecule has 1 amide bonds. The second-order valence-corrected chi connectivity index (χ2v) is 7.00. The first kappa shape index (κ1) is 17.6. The highest BCUT2D eigenvalue weighted by Crippen LogP contribution is 2.33. The fourth-order valence-electron chi connectivity index (χ4n) is 3.39. The summed E-state index contributed by atoms with van der Waals surface area (Å²) in [6.45, 7) is 6.12. The first-order valence-corrected chi connectivity index (χ1v) is 8.86. The van der Waals surface area contributed by atoms with Crippen LogP contribution in [0.25, 0.3) is 0 Å². The predicted molar refractivity (Wildman–Crippen MR) is 91.6 cm³/mol. The van der Waals surface area contributed by atoms with Crippen LogP contribution in [-0.4, -0.2) is 30.8 Å². The van der Waals surface area contributed by atoms with Gasteiger partial charge in [-0.05, 0) is 43.4 Å². The van der Waals surface area contributed by atoms with E-state index in [0.717, 1.165) is 12.8 Å². The molecule has 2 aliphatic rings. The molecule has 1 N–H and O–H groups in total. The molecular weight excluding hydrogens is 322 g/mol. The zero-order chi connectivity index (χ0) is 18.0. The molecule has 1 aliphatic carbocycles. The minimum atomic E-state index is -0.845. The number of rotatable bonds is 4. The number of carbonyl (C=O) groups is 2. The number of esters is 1. The Kier molecular flexibility index (Phi) is 5.16. The highest BCUT2D eigenvalue weighted by Gasteiger charge is 2.30. The van der Waals surface area contributed by atoms with Gasteiger partial charge in [0.05, 0.1) is 5.56 Å². The van der Waals surface area contributed by atoms with E-state index < -0.39 is 12.1 Å². The number of amides is 1. The molecule has 136 valence electrons. The van der Waals surface area contributed by atoms with E-state index in [9.17, 15) is 9.59 Å². The zero-order valence-electron chi connectivity index (χ0n) is 14.9. The number of fused-ring (bicyclic) bond motifs is 1. The lowest BCUT2D eigenvalue weighted by Gasteiger charge is -2.35. The van der Waals surface area contributed by atoms with Gasteiger partial charge in [0.2, 0.25) is 6.79 Å². The molecule has 1 heterocycles. The van der Waals surface area contributed by atoms with E-state index in [-0.39, 0.29) is 18.7 Å². The molecule has 0 spiro atoms. The van der Waals surface area contributed by atoms with Crippen LogP contribution in [-0.2, 0) is 9.53 Å². The van der Waals surface area contributed by atoms with Crippen LogP contribution in [0.4, 0.5) is 0 Å². The predicted octanol–water partition coefficient (Wildman–Crippen LogP) is 2.90. The zero-order valence-corrected chi connectivity index (χ0v) is 14.9. The van der Waals surface area contributed by atoms with Crippen molar-refractivity contribution in [3.8, 4) is 11.5 Å². The van der Waals surface area contributed by atoms with Crippen LogP contribution in [0.2, 0.25) is 0 Å². The second kappa shape index (κ2) is 7.33. The number of carbonyl (C=O) groups excluding carboxylic acids is 2. The summed E-state index contributed by atoms with van der Waals surface area (Å²) in [7, 11) is 0. The third-order valence-electron chi connectivity index (χ3n) is 5.30. The molecule has 6 heteroatoms. The van der Waals surface area contributed by atoms with Crippen molar-refractivity contribution in [2.75, 3.05) is 6.79 Å². The van der Waals surface area contributed by atoms with Gasteiger partial charge in [-0.1, -0.05) is 26.7 Å². The summed E-state index contributed by atoms with van der Waals surface area (Å²) in [6.07, 6.45) is 2.44. The van der Waals surface area contributed by atoms with E-state index in [1.165, 1.54) is 6.42 Å². The maximum atomic E-state index is 12.4. The molecule has 1 saturated carbocycles. The van der Waals surface area contributed by atoms with Crippen molar-refractivity contribution in [2.24, 2.45) is 11.8 Å². The van der Waals surface area contributed by atoms with Gasteiger partial charge in [0, 0.05) is 6.04 Å². The molecule has 0 bridgehead atoms. The molecule has 0 unspecified atom stereocenters. The average molecular weight is 347 g/mol. The van der Waals surface area contributed by atoms with Crippen LogP contribution in [0.15, 0.2) is 18.2 Å². The summed E-state index contributed by atoms with van der Waals surface area (Å²) in [5.74, 6) is 1.32. The number of hydrogen-bond acceptors (Lipinski definition) is 5. The molecule has 0 saturated heterocycles. The molecule has 1 fully saturated rings. The fraction of sp³-hybridized carbons (Fsp3) is 0.579. The maximum Gasteiger partial charge on any atom is 0.339 e. The van der Waals surface area contributed by atoms with Crippen LogP contribution in [0, 0.1) is 11.8 Å². The van der Waals surface area contributed by atoms with Gasteiger partial charge in [0.25, 0.3) is 5.91 Å². The highest BCUT2D eigenvalue weighted by atomic mass is 16.7. The van der Waals surface area contributed by atoms with Crippen molar-refractivity contribution in [1.29, 1.82) is 0 Å². The van der Waals surface area contributed by atoms with E-state index >= 15 is 0 Å². The Morgan fingerprint density at radius 3 is 2.76 bits per heavy atom. The van der Waals surface area contributed by atoms with Gasteiger partial charge in [-0.15, -0.1) is 0 Å². The van der Waals surface area contributed by atoms with Crippen molar-refractivity contribution in [3.63, 3.8) is 0 Å².